The van der Waals surface area contributed by atoms with Crippen molar-refractivity contribution >= 4 is 6.21 Å². The molecule has 0 aliphatic carbocycles. The Morgan fingerprint density at radius 1 is 1.04 bits per heavy atom. The molecule has 0 amide bonds. The van der Waals surface area contributed by atoms with E-state index in [1.54, 1.807) is 0 Å². The van der Waals surface area contributed by atoms with Crippen molar-refractivity contribution in [2.24, 2.45) is 5.41 Å². The predicted molar refractivity (Wildman–Crippen MR) is 103 cm³/mol. The number of benzene rings is 2. The van der Waals surface area contributed by atoms with E-state index in [-0.39, 0.29) is 12.0 Å². The highest BCUT2D eigenvalue weighted by molar-refractivity contribution is 5.78. The SMILES string of the molecule is OCC1(C[N+]2=Cc3ccccc3CC2)CNCCc2ccccc2OC1. The lowest BCUT2D eigenvalue weighted by atomic mass is 9.88. The van der Waals surface area contributed by atoms with E-state index >= 15 is 0 Å². The van der Waals surface area contributed by atoms with E-state index in [0.717, 1.165) is 44.8 Å². The van der Waals surface area contributed by atoms with Crippen molar-refractivity contribution in [3.63, 3.8) is 0 Å². The molecule has 0 spiro atoms. The molecule has 2 N–H and O–H groups in total. The number of ether oxygens (including phenoxy) is 1. The van der Waals surface area contributed by atoms with Gasteiger partial charge in [0.1, 0.15) is 18.9 Å². The first-order valence-electron chi connectivity index (χ1n) is 9.47. The summed E-state index contributed by atoms with van der Waals surface area (Å²) in [5.74, 6) is 0.946. The van der Waals surface area contributed by atoms with Crippen molar-refractivity contribution in [3.05, 3.63) is 65.2 Å². The first kappa shape index (κ1) is 17.3. The van der Waals surface area contributed by atoms with Crippen LogP contribution in [0.4, 0.5) is 0 Å². The van der Waals surface area contributed by atoms with Crippen molar-refractivity contribution in [1.82, 2.24) is 5.32 Å². The van der Waals surface area contributed by atoms with E-state index in [2.05, 4.69) is 52.5 Å². The van der Waals surface area contributed by atoms with Crippen LogP contribution in [-0.2, 0) is 12.8 Å². The third-order valence-electron chi connectivity index (χ3n) is 5.50. The Hall–Kier alpha value is -2.17. The summed E-state index contributed by atoms with van der Waals surface area (Å²) in [5.41, 5.74) is 3.60. The summed E-state index contributed by atoms with van der Waals surface area (Å²) in [7, 11) is 0. The molecule has 26 heavy (non-hydrogen) atoms. The Morgan fingerprint density at radius 3 is 2.73 bits per heavy atom. The number of hydrogen-bond donors (Lipinski definition) is 2. The van der Waals surface area contributed by atoms with Crippen LogP contribution in [0.2, 0.25) is 0 Å². The molecule has 2 aromatic carbocycles. The fourth-order valence-electron chi connectivity index (χ4n) is 3.93. The lowest BCUT2D eigenvalue weighted by molar-refractivity contribution is -0.540. The highest BCUT2D eigenvalue weighted by Gasteiger charge is 2.37. The average molecular weight is 351 g/mol. The molecule has 0 saturated heterocycles. The van der Waals surface area contributed by atoms with Gasteiger partial charge in [0.15, 0.2) is 12.8 Å². The zero-order valence-corrected chi connectivity index (χ0v) is 15.2. The number of hydrogen-bond acceptors (Lipinski definition) is 3. The van der Waals surface area contributed by atoms with Gasteiger partial charge in [0.25, 0.3) is 0 Å². The van der Waals surface area contributed by atoms with Crippen LogP contribution in [0.15, 0.2) is 48.5 Å². The quantitative estimate of drug-likeness (QED) is 0.830. The normalized spacial score (nSPS) is 22.7. The van der Waals surface area contributed by atoms with Crippen molar-refractivity contribution in [2.75, 3.05) is 39.4 Å². The third-order valence-corrected chi connectivity index (χ3v) is 5.50. The number of nitrogens with zero attached hydrogens (tertiary/aromatic N) is 1. The molecule has 0 radical (unpaired) electrons. The summed E-state index contributed by atoms with van der Waals surface area (Å²) in [6, 6.07) is 16.8. The van der Waals surface area contributed by atoms with Gasteiger partial charge in [-0.25, -0.2) is 4.58 Å². The third kappa shape index (κ3) is 3.67. The van der Waals surface area contributed by atoms with E-state index < -0.39 is 0 Å². The number of nitrogens with one attached hydrogen (secondary N) is 1. The minimum Gasteiger partial charge on any atom is -0.492 e. The van der Waals surface area contributed by atoms with Gasteiger partial charge < -0.3 is 15.2 Å². The Labute approximate surface area is 155 Å². The van der Waals surface area contributed by atoms with Crippen molar-refractivity contribution in [3.8, 4) is 5.75 Å². The number of aliphatic hydroxyl groups is 1. The summed E-state index contributed by atoms with van der Waals surface area (Å²) in [6.45, 7) is 4.04. The molecule has 0 aromatic heterocycles. The van der Waals surface area contributed by atoms with Crippen LogP contribution in [0.3, 0.4) is 0 Å². The molecule has 2 aliphatic heterocycles. The van der Waals surface area contributed by atoms with Crippen LogP contribution >= 0.6 is 0 Å². The van der Waals surface area contributed by atoms with E-state index in [4.69, 9.17) is 4.74 Å². The van der Waals surface area contributed by atoms with Gasteiger partial charge >= 0.3 is 0 Å². The summed E-state index contributed by atoms with van der Waals surface area (Å²) in [4.78, 5) is 0. The van der Waals surface area contributed by atoms with Crippen molar-refractivity contribution < 1.29 is 14.4 Å². The van der Waals surface area contributed by atoms with Gasteiger partial charge in [0.05, 0.1) is 12.0 Å². The largest absolute Gasteiger partial charge is 0.492 e. The molecular weight excluding hydrogens is 324 g/mol. The van der Waals surface area contributed by atoms with E-state index in [9.17, 15) is 5.11 Å². The molecule has 4 nitrogen and oxygen atoms in total. The molecule has 4 rings (SSSR count). The molecule has 1 atom stereocenters. The van der Waals surface area contributed by atoms with Gasteiger partial charge in [-0.15, -0.1) is 0 Å². The smallest absolute Gasteiger partial charge is 0.170 e. The van der Waals surface area contributed by atoms with Gasteiger partial charge in [0.2, 0.25) is 0 Å². The first-order chi connectivity index (χ1) is 12.8. The van der Waals surface area contributed by atoms with Crippen LogP contribution in [0.1, 0.15) is 16.7 Å². The van der Waals surface area contributed by atoms with E-state index in [1.165, 1.54) is 16.7 Å². The predicted octanol–water partition coefficient (Wildman–Crippen LogP) is 1.88. The second-order valence-electron chi connectivity index (χ2n) is 7.53. The molecule has 1 unspecified atom stereocenters. The number of rotatable bonds is 3. The Balaban J connectivity index is 1.56. The number of aliphatic hydroxyl groups excluding tert-OH is 1. The molecule has 2 aromatic rings. The fraction of sp³-hybridized carbons (Fsp3) is 0.409. The zero-order valence-electron chi connectivity index (χ0n) is 15.2. The lowest BCUT2D eigenvalue weighted by Crippen LogP contribution is -2.49. The maximum Gasteiger partial charge on any atom is 0.170 e. The topological polar surface area (TPSA) is 44.5 Å². The summed E-state index contributed by atoms with van der Waals surface area (Å²) in [6.07, 6.45) is 4.23. The van der Waals surface area contributed by atoms with E-state index in [1.807, 2.05) is 12.1 Å². The zero-order chi connectivity index (χ0) is 17.8. The minimum atomic E-state index is -0.319. The molecule has 2 heterocycles. The Bertz CT molecular complexity index is 802. The average Bonchev–Trinajstić information content (AvgIpc) is 2.78. The second-order valence-corrected chi connectivity index (χ2v) is 7.53. The molecule has 0 bridgehead atoms. The number of fused-ring (bicyclic) bond motifs is 2. The van der Waals surface area contributed by atoms with Crippen molar-refractivity contribution in [1.29, 1.82) is 0 Å². The summed E-state index contributed by atoms with van der Waals surface area (Å²) >= 11 is 0. The van der Waals surface area contributed by atoms with Gasteiger partial charge in [-0.2, -0.15) is 0 Å². The van der Waals surface area contributed by atoms with Crippen LogP contribution < -0.4 is 10.1 Å². The lowest BCUT2D eigenvalue weighted by Gasteiger charge is -2.30. The highest BCUT2D eigenvalue weighted by atomic mass is 16.5. The van der Waals surface area contributed by atoms with Gasteiger partial charge in [-0.1, -0.05) is 36.4 Å². The molecule has 0 saturated carbocycles. The molecular formula is C22H27N2O2+. The Kier molecular flexibility index (Phi) is 5.05. The fourth-order valence-corrected chi connectivity index (χ4v) is 3.93. The van der Waals surface area contributed by atoms with Crippen LogP contribution in [0.25, 0.3) is 0 Å². The van der Waals surface area contributed by atoms with Crippen molar-refractivity contribution in [2.45, 2.75) is 12.8 Å². The molecule has 0 fully saturated rings. The second kappa shape index (κ2) is 7.60. The standard InChI is InChI=1S/C22H27N2O2/c25-16-22(15-24-12-10-18-5-1-2-7-20(18)13-24)14-23-11-9-19-6-3-4-8-21(19)26-17-22/h1-8,13,23,25H,9-12,14-17H2/q+1. The maximum absolute atomic E-state index is 10.3. The van der Waals surface area contributed by atoms with Gasteiger partial charge in [0, 0.05) is 18.5 Å². The van der Waals surface area contributed by atoms with Gasteiger partial charge in [-0.05, 0) is 36.2 Å². The monoisotopic (exact) mass is 351 g/mol. The maximum atomic E-state index is 10.3. The number of para-hydroxylation sites is 1. The van der Waals surface area contributed by atoms with Crippen LogP contribution in [-0.4, -0.2) is 55.3 Å². The summed E-state index contributed by atoms with van der Waals surface area (Å²) < 4.78 is 8.53. The highest BCUT2D eigenvalue weighted by Crippen LogP contribution is 2.25. The Morgan fingerprint density at radius 2 is 1.85 bits per heavy atom. The van der Waals surface area contributed by atoms with Crippen LogP contribution in [0.5, 0.6) is 5.75 Å². The van der Waals surface area contributed by atoms with Crippen LogP contribution in [0, 0.1) is 5.41 Å². The first-order valence-corrected chi connectivity index (χ1v) is 9.47. The molecule has 4 heteroatoms. The van der Waals surface area contributed by atoms with Gasteiger partial charge in [-0.3, -0.25) is 0 Å². The minimum absolute atomic E-state index is 0.105. The summed E-state index contributed by atoms with van der Waals surface area (Å²) in [5, 5.41) is 13.8. The molecule has 136 valence electrons. The van der Waals surface area contributed by atoms with E-state index in [0.29, 0.717) is 6.61 Å². The molecule has 2 aliphatic rings.